The number of halogens is 1. The van der Waals surface area contributed by atoms with Gasteiger partial charge in [-0.05, 0) is 55.7 Å². The topological polar surface area (TPSA) is 38.5 Å². The number of hydrogen-bond donors (Lipinski definition) is 1. The van der Waals surface area contributed by atoms with Crippen LogP contribution in [-0.2, 0) is 0 Å². The molecule has 0 bridgehead atoms. The summed E-state index contributed by atoms with van der Waals surface area (Å²) in [5.74, 6) is 2.23. The zero-order chi connectivity index (χ0) is 15.5. The van der Waals surface area contributed by atoms with E-state index in [1.54, 1.807) is 7.11 Å². The Morgan fingerprint density at radius 3 is 2.77 bits per heavy atom. The maximum absolute atomic E-state index is 6.45. The maximum Gasteiger partial charge on any atom is 0.137 e. The molecule has 1 aliphatic heterocycles. The van der Waals surface area contributed by atoms with Crippen LogP contribution in [0.15, 0.2) is 18.2 Å². The van der Waals surface area contributed by atoms with Crippen molar-refractivity contribution in [1.82, 2.24) is 0 Å². The number of rotatable bonds is 5. The van der Waals surface area contributed by atoms with Crippen LogP contribution in [0.25, 0.3) is 0 Å². The Morgan fingerprint density at radius 1 is 1.32 bits per heavy atom. The summed E-state index contributed by atoms with van der Waals surface area (Å²) < 4.78 is 5.23. The van der Waals surface area contributed by atoms with Crippen LogP contribution in [0.1, 0.15) is 38.5 Å². The molecule has 2 aliphatic rings. The standard InChI is InChI=1S/C18H27ClN2O/c1-22-18-7-6-15(11-16(18)19)21-9-8-13(12-21)10-17(20)14-4-2-3-5-14/h6-7,11,13-14,17H,2-5,8-10,12,20H2,1H3. The normalized spacial score (nSPS) is 24.0. The molecule has 122 valence electrons. The third-order valence-corrected chi connectivity index (χ3v) is 5.69. The highest BCUT2D eigenvalue weighted by molar-refractivity contribution is 6.32. The van der Waals surface area contributed by atoms with Crippen LogP contribution in [0.5, 0.6) is 5.75 Å². The summed E-state index contributed by atoms with van der Waals surface area (Å²) in [6, 6.07) is 6.46. The molecular formula is C18H27ClN2O. The second-order valence-electron chi connectivity index (χ2n) is 6.86. The van der Waals surface area contributed by atoms with E-state index in [9.17, 15) is 0 Å². The molecule has 0 amide bonds. The number of nitrogens with zero attached hydrogens (tertiary/aromatic N) is 1. The van der Waals surface area contributed by atoms with Crippen molar-refractivity contribution >= 4 is 17.3 Å². The van der Waals surface area contributed by atoms with Gasteiger partial charge in [0, 0.05) is 24.8 Å². The van der Waals surface area contributed by atoms with Crippen LogP contribution >= 0.6 is 11.6 Å². The van der Waals surface area contributed by atoms with E-state index in [1.165, 1.54) is 44.2 Å². The molecule has 3 nitrogen and oxygen atoms in total. The summed E-state index contributed by atoms with van der Waals surface area (Å²) in [6.45, 7) is 2.20. The lowest BCUT2D eigenvalue weighted by Gasteiger charge is -2.23. The lowest BCUT2D eigenvalue weighted by Crippen LogP contribution is -2.31. The molecule has 1 saturated heterocycles. The van der Waals surface area contributed by atoms with Gasteiger partial charge >= 0.3 is 0 Å². The fourth-order valence-corrected chi connectivity index (χ4v) is 4.33. The summed E-state index contributed by atoms with van der Waals surface area (Å²) in [4.78, 5) is 2.43. The smallest absolute Gasteiger partial charge is 0.137 e. The number of ether oxygens (including phenoxy) is 1. The van der Waals surface area contributed by atoms with Crippen molar-refractivity contribution in [3.05, 3.63) is 23.2 Å². The Hall–Kier alpha value is -0.930. The molecule has 0 spiro atoms. The van der Waals surface area contributed by atoms with Gasteiger partial charge in [0.15, 0.2) is 0 Å². The Kier molecular flexibility index (Phi) is 5.14. The number of methoxy groups -OCH3 is 1. The minimum atomic E-state index is 0.395. The van der Waals surface area contributed by atoms with Gasteiger partial charge in [-0.25, -0.2) is 0 Å². The van der Waals surface area contributed by atoms with Crippen LogP contribution in [-0.4, -0.2) is 26.2 Å². The van der Waals surface area contributed by atoms with Crippen LogP contribution in [0.4, 0.5) is 5.69 Å². The Labute approximate surface area is 138 Å². The first kappa shape index (κ1) is 15.9. The molecule has 2 fully saturated rings. The minimum absolute atomic E-state index is 0.395. The van der Waals surface area contributed by atoms with Crippen molar-refractivity contribution in [3.63, 3.8) is 0 Å². The lowest BCUT2D eigenvalue weighted by molar-refractivity contribution is 0.357. The van der Waals surface area contributed by atoms with Gasteiger partial charge in [-0.2, -0.15) is 0 Å². The molecule has 22 heavy (non-hydrogen) atoms. The van der Waals surface area contributed by atoms with Gasteiger partial charge in [-0.15, -0.1) is 0 Å². The first-order valence-corrected chi connectivity index (χ1v) is 8.89. The molecule has 1 aliphatic carbocycles. The van der Waals surface area contributed by atoms with Gasteiger partial charge in [-0.3, -0.25) is 0 Å². The minimum Gasteiger partial charge on any atom is -0.495 e. The average Bonchev–Trinajstić information content (AvgIpc) is 3.18. The molecule has 2 atom stereocenters. The van der Waals surface area contributed by atoms with E-state index in [4.69, 9.17) is 22.1 Å². The molecule has 3 rings (SSSR count). The summed E-state index contributed by atoms with van der Waals surface area (Å²) in [5.41, 5.74) is 7.65. The zero-order valence-corrected chi connectivity index (χ0v) is 14.2. The van der Waals surface area contributed by atoms with Gasteiger partial charge in [0.05, 0.1) is 12.1 Å². The predicted octanol–water partition coefficient (Wildman–Crippen LogP) is 4.08. The fraction of sp³-hybridized carbons (Fsp3) is 0.667. The molecule has 0 aromatic heterocycles. The van der Waals surface area contributed by atoms with Gasteiger partial charge in [0.1, 0.15) is 5.75 Å². The van der Waals surface area contributed by atoms with E-state index in [0.29, 0.717) is 11.1 Å². The van der Waals surface area contributed by atoms with E-state index >= 15 is 0 Å². The molecular weight excluding hydrogens is 296 g/mol. The van der Waals surface area contributed by atoms with Crippen LogP contribution < -0.4 is 15.4 Å². The van der Waals surface area contributed by atoms with Crippen LogP contribution in [0.3, 0.4) is 0 Å². The monoisotopic (exact) mass is 322 g/mol. The van der Waals surface area contributed by atoms with Gasteiger partial charge in [0.25, 0.3) is 0 Å². The number of hydrogen-bond acceptors (Lipinski definition) is 3. The van der Waals surface area contributed by atoms with Crippen molar-refractivity contribution in [2.45, 2.75) is 44.6 Å². The summed E-state index contributed by atoms with van der Waals surface area (Å²) in [5, 5.41) is 0.686. The van der Waals surface area contributed by atoms with Crippen LogP contribution in [0, 0.1) is 11.8 Å². The van der Waals surface area contributed by atoms with E-state index in [2.05, 4.69) is 11.0 Å². The molecule has 2 unspecified atom stereocenters. The number of nitrogens with two attached hydrogens (primary N) is 1. The van der Waals surface area contributed by atoms with E-state index in [-0.39, 0.29) is 0 Å². The zero-order valence-electron chi connectivity index (χ0n) is 13.4. The van der Waals surface area contributed by atoms with Crippen molar-refractivity contribution in [1.29, 1.82) is 0 Å². The Bertz CT molecular complexity index is 502. The molecule has 1 heterocycles. The highest BCUT2D eigenvalue weighted by Crippen LogP contribution is 2.34. The third-order valence-electron chi connectivity index (χ3n) is 5.40. The molecule has 1 saturated carbocycles. The second kappa shape index (κ2) is 7.10. The quantitative estimate of drug-likeness (QED) is 0.887. The highest BCUT2D eigenvalue weighted by Gasteiger charge is 2.29. The first-order valence-electron chi connectivity index (χ1n) is 8.51. The van der Waals surface area contributed by atoms with Crippen molar-refractivity contribution < 1.29 is 4.74 Å². The van der Waals surface area contributed by atoms with Crippen molar-refractivity contribution in [2.75, 3.05) is 25.1 Å². The lowest BCUT2D eigenvalue weighted by atomic mass is 9.89. The van der Waals surface area contributed by atoms with Crippen molar-refractivity contribution in [3.8, 4) is 5.75 Å². The summed E-state index contributed by atoms with van der Waals surface area (Å²) in [6.07, 6.45) is 7.84. The van der Waals surface area contributed by atoms with E-state index < -0.39 is 0 Å². The molecule has 4 heteroatoms. The predicted molar refractivity (Wildman–Crippen MR) is 92.9 cm³/mol. The van der Waals surface area contributed by atoms with Crippen molar-refractivity contribution in [2.24, 2.45) is 17.6 Å². The van der Waals surface area contributed by atoms with Crippen LogP contribution in [0.2, 0.25) is 5.02 Å². The maximum atomic E-state index is 6.45. The second-order valence-corrected chi connectivity index (χ2v) is 7.27. The van der Waals surface area contributed by atoms with Gasteiger partial charge in [-0.1, -0.05) is 24.4 Å². The highest BCUT2D eigenvalue weighted by atomic mass is 35.5. The first-order chi connectivity index (χ1) is 10.7. The number of benzene rings is 1. The largest absolute Gasteiger partial charge is 0.495 e. The van der Waals surface area contributed by atoms with E-state index in [1.807, 2.05) is 12.1 Å². The molecule has 0 radical (unpaired) electrons. The third kappa shape index (κ3) is 3.52. The molecule has 1 aromatic rings. The Morgan fingerprint density at radius 2 is 2.09 bits per heavy atom. The van der Waals surface area contributed by atoms with Gasteiger partial charge < -0.3 is 15.4 Å². The summed E-state index contributed by atoms with van der Waals surface area (Å²) in [7, 11) is 1.65. The fourth-order valence-electron chi connectivity index (χ4n) is 4.07. The molecule has 2 N–H and O–H groups in total. The number of anilines is 1. The Balaban J connectivity index is 1.56. The average molecular weight is 323 g/mol. The summed E-state index contributed by atoms with van der Waals surface area (Å²) >= 11 is 6.24. The van der Waals surface area contributed by atoms with Gasteiger partial charge in [0.2, 0.25) is 0 Å². The SMILES string of the molecule is COc1ccc(N2CCC(CC(N)C3CCCC3)C2)cc1Cl. The van der Waals surface area contributed by atoms with E-state index in [0.717, 1.165) is 30.7 Å². The molecule has 1 aromatic carbocycles.